The largest absolute Gasteiger partial charge is 0.302 e. The number of terminal acetylenes is 1. The SMILES string of the molecule is C#CCNCc1ccc(-n2cccn2)cc1. The lowest BCUT2D eigenvalue weighted by Gasteiger charge is -2.04. The van der Waals surface area contributed by atoms with Crippen molar-refractivity contribution in [1.82, 2.24) is 15.1 Å². The Hall–Kier alpha value is -2.05. The summed E-state index contributed by atoms with van der Waals surface area (Å²) in [6.07, 6.45) is 8.85. The van der Waals surface area contributed by atoms with Gasteiger partial charge in [0, 0.05) is 18.9 Å². The van der Waals surface area contributed by atoms with Crippen molar-refractivity contribution in [1.29, 1.82) is 0 Å². The number of benzene rings is 1. The molecule has 3 heteroatoms. The van der Waals surface area contributed by atoms with E-state index >= 15 is 0 Å². The minimum Gasteiger partial charge on any atom is -0.302 e. The number of aromatic nitrogens is 2. The molecule has 0 fully saturated rings. The van der Waals surface area contributed by atoms with Gasteiger partial charge in [0.05, 0.1) is 12.2 Å². The van der Waals surface area contributed by atoms with E-state index < -0.39 is 0 Å². The van der Waals surface area contributed by atoms with Gasteiger partial charge in [-0.05, 0) is 23.8 Å². The Morgan fingerprint density at radius 3 is 2.75 bits per heavy atom. The molecule has 0 aliphatic heterocycles. The molecule has 0 spiro atoms. The molecule has 2 rings (SSSR count). The van der Waals surface area contributed by atoms with E-state index in [-0.39, 0.29) is 0 Å². The molecule has 1 heterocycles. The molecule has 1 N–H and O–H groups in total. The molecular formula is C13H13N3. The van der Waals surface area contributed by atoms with E-state index in [1.54, 1.807) is 6.20 Å². The van der Waals surface area contributed by atoms with Crippen molar-refractivity contribution >= 4 is 0 Å². The highest BCUT2D eigenvalue weighted by Crippen LogP contribution is 2.08. The summed E-state index contributed by atoms with van der Waals surface area (Å²) in [6, 6.07) is 10.1. The Bertz CT molecular complexity index is 463. The zero-order valence-corrected chi connectivity index (χ0v) is 8.93. The molecule has 0 atom stereocenters. The summed E-state index contributed by atoms with van der Waals surface area (Å²) in [5.41, 5.74) is 2.27. The number of nitrogens with one attached hydrogen (secondary N) is 1. The first kappa shape index (κ1) is 10.5. The zero-order valence-electron chi connectivity index (χ0n) is 8.93. The summed E-state index contributed by atoms with van der Waals surface area (Å²) in [5, 5.41) is 7.31. The van der Waals surface area contributed by atoms with E-state index in [4.69, 9.17) is 6.42 Å². The summed E-state index contributed by atoms with van der Waals surface area (Å²) in [4.78, 5) is 0. The van der Waals surface area contributed by atoms with Crippen LogP contribution in [-0.4, -0.2) is 16.3 Å². The van der Waals surface area contributed by atoms with Gasteiger partial charge in [0.25, 0.3) is 0 Å². The molecule has 0 bridgehead atoms. The van der Waals surface area contributed by atoms with Gasteiger partial charge < -0.3 is 5.32 Å². The van der Waals surface area contributed by atoms with Gasteiger partial charge in [-0.2, -0.15) is 5.10 Å². The van der Waals surface area contributed by atoms with Crippen LogP contribution in [-0.2, 0) is 6.54 Å². The third kappa shape index (κ3) is 2.50. The van der Waals surface area contributed by atoms with Crippen molar-refractivity contribution in [3.8, 4) is 18.0 Å². The zero-order chi connectivity index (χ0) is 11.2. The molecule has 0 aliphatic carbocycles. The lowest BCUT2D eigenvalue weighted by molar-refractivity contribution is 0.769. The molecule has 0 radical (unpaired) electrons. The van der Waals surface area contributed by atoms with Crippen molar-refractivity contribution in [3.05, 3.63) is 48.3 Å². The molecule has 2 aromatic rings. The highest BCUT2D eigenvalue weighted by molar-refractivity contribution is 5.33. The van der Waals surface area contributed by atoms with E-state index in [1.165, 1.54) is 5.56 Å². The molecular weight excluding hydrogens is 198 g/mol. The number of nitrogens with zero attached hydrogens (tertiary/aromatic N) is 2. The van der Waals surface area contributed by atoms with Crippen molar-refractivity contribution in [2.45, 2.75) is 6.54 Å². The first-order chi connectivity index (χ1) is 7.90. The molecule has 3 nitrogen and oxygen atoms in total. The van der Waals surface area contributed by atoms with E-state index in [0.29, 0.717) is 6.54 Å². The highest BCUT2D eigenvalue weighted by Gasteiger charge is 1.96. The fourth-order valence-electron chi connectivity index (χ4n) is 1.47. The summed E-state index contributed by atoms with van der Waals surface area (Å²) < 4.78 is 1.83. The van der Waals surface area contributed by atoms with Crippen LogP contribution in [0.4, 0.5) is 0 Å². The molecule has 0 saturated heterocycles. The number of rotatable bonds is 4. The molecule has 0 saturated carbocycles. The maximum atomic E-state index is 5.16. The van der Waals surface area contributed by atoms with Crippen LogP contribution in [0.3, 0.4) is 0 Å². The summed E-state index contributed by atoms with van der Waals surface area (Å²) in [5.74, 6) is 2.55. The molecule has 0 aliphatic rings. The highest BCUT2D eigenvalue weighted by atomic mass is 15.3. The summed E-state index contributed by atoms with van der Waals surface area (Å²) in [6.45, 7) is 1.39. The molecule has 1 aromatic carbocycles. The Balaban J connectivity index is 2.03. The van der Waals surface area contributed by atoms with Gasteiger partial charge in [-0.25, -0.2) is 4.68 Å². The molecule has 80 valence electrons. The first-order valence-corrected chi connectivity index (χ1v) is 5.13. The van der Waals surface area contributed by atoms with Crippen LogP contribution in [0.1, 0.15) is 5.56 Å². The first-order valence-electron chi connectivity index (χ1n) is 5.13. The van der Waals surface area contributed by atoms with Crippen molar-refractivity contribution in [2.24, 2.45) is 0 Å². The molecule has 1 aromatic heterocycles. The van der Waals surface area contributed by atoms with Crippen LogP contribution in [0.5, 0.6) is 0 Å². The second-order valence-electron chi connectivity index (χ2n) is 3.42. The van der Waals surface area contributed by atoms with Crippen LogP contribution >= 0.6 is 0 Å². The predicted molar refractivity (Wildman–Crippen MR) is 64.1 cm³/mol. The van der Waals surface area contributed by atoms with Crippen molar-refractivity contribution < 1.29 is 0 Å². The third-order valence-corrected chi connectivity index (χ3v) is 2.26. The topological polar surface area (TPSA) is 29.9 Å². The van der Waals surface area contributed by atoms with Gasteiger partial charge >= 0.3 is 0 Å². The van der Waals surface area contributed by atoms with Crippen LogP contribution in [0.2, 0.25) is 0 Å². The smallest absolute Gasteiger partial charge is 0.0645 e. The minimum absolute atomic E-state index is 0.598. The number of hydrogen-bond donors (Lipinski definition) is 1. The van der Waals surface area contributed by atoms with Gasteiger partial charge in [0.15, 0.2) is 0 Å². The fourth-order valence-corrected chi connectivity index (χ4v) is 1.47. The van der Waals surface area contributed by atoms with Gasteiger partial charge in [0.1, 0.15) is 0 Å². The quantitative estimate of drug-likeness (QED) is 0.615. The average molecular weight is 211 g/mol. The van der Waals surface area contributed by atoms with E-state index in [0.717, 1.165) is 12.2 Å². The summed E-state index contributed by atoms with van der Waals surface area (Å²) >= 11 is 0. The van der Waals surface area contributed by atoms with E-state index in [2.05, 4.69) is 28.5 Å². The molecule has 16 heavy (non-hydrogen) atoms. The van der Waals surface area contributed by atoms with Gasteiger partial charge in [-0.3, -0.25) is 0 Å². The Morgan fingerprint density at radius 1 is 1.31 bits per heavy atom. The van der Waals surface area contributed by atoms with Gasteiger partial charge in [-0.1, -0.05) is 18.1 Å². The van der Waals surface area contributed by atoms with E-state index in [1.807, 2.05) is 29.1 Å². The standard InChI is InChI=1S/C13H13N3/c1-2-8-14-11-12-4-6-13(7-5-12)16-10-3-9-15-16/h1,3-7,9-10,14H,8,11H2. The van der Waals surface area contributed by atoms with Crippen LogP contribution in [0.15, 0.2) is 42.7 Å². The normalized spacial score (nSPS) is 9.94. The van der Waals surface area contributed by atoms with Crippen molar-refractivity contribution in [2.75, 3.05) is 6.54 Å². The van der Waals surface area contributed by atoms with E-state index in [9.17, 15) is 0 Å². The Morgan fingerprint density at radius 2 is 2.12 bits per heavy atom. The van der Waals surface area contributed by atoms with Gasteiger partial charge in [0.2, 0.25) is 0 Å². The lowest BCUT2D eigenvalue weighted by atomic mass is 10.2. The summed E-state index contributed by atoms with van der Waals surface area (Å²) in [7, 11) is 0. The Labute approximate surface area is 95.1 Å². The minimum atomic E-state index is 0.598. The second kappa shape index (κ2) is 5.15. The Kier molecular flexibility index (Phi) is 3.37. The predicted octanol–water partition coefficient (Wildman–Crippen LogP) is 1.60. The van der Waals surface area contributed by atoms with Crippen molar-refractivity contribution in [3.63, 3.8) is 0 Å². The van der Waals surface area contributed by atoms with Crippen LogP contribution < -0.4 is 5.32 Å². The second-order valence-corrected chi connectivity index (χ2v) is 3.42. The number of hydrogen-bond acceptors (Lipinski definition) is 2. The molecule has 0 amide bonds. The van der Waals surface area contributed by atoms with Gasteiger partial charge in [-0.15, -0.1) is 6.42 Å². The van der Waals surface area contributed by atoms with Crippen LogP contribution in [0.25, 0.3) is 5.69 Å². The fraction of sp³-hybridized carbons (Fsp3) is 0.154. The average Bonchev–Trinajstić information content (AvgIpc) is 2.84. The maximum Gasteiger partial charge on any atom is 0.0645 e. The van der Waals surface area contributed by atoms with Crippen LogP contribution in [0, 0.1) is 12.3 Å². The maximum absolute atomic E-state index is 5.16. The monoisotopic (exact) mass is 211 g/mol. The lowest BCUT2D eigenvalue weighted by Crippen LogP contribution is -2.12. The third-order valence-electron chi connectivity index (χ3n) is 2.26. The molecule has 0 unspecified atom stereocenters.